The van der Waals surface area contributed by atoms with E-state index in [9.17, 15) is 4.79 Å². The van der Waals surface area contributed by atoms with Crippen LogP contribution >= 0.6 is 0 Å². The Hall–Kier alpha value is -2.17. The van der Waals surface area contributed by atoms with Crippen molar-refractivity contribution >= 4 is 11.6 Å². The van der Waals surface area contributed by atoms with Gasteiger partial charge in [0.1, 0.15) is 6.04 Å². The second-order valence-corrected chi connectivity index (χ2v) is 6.34. The predicted octanol–water partition coefficient (Wildman–Crippen LogP) is 3.40. The molecule has 0 aliphatic carbocycles. The lowest BCUT2D eigenvalue weighted by molar-refractivity contribution is -0.124. The monoisotopic (exact) mass is 324 g/mol. The first kappa shape index (κ1) is 16.7. The lowest BCUT2D eigenvalue weighted by Gasteiger charge is -2.36. The highest BCUT2D eigenvalue weighted by Gasteiger charge is 2.31. The lowest BCUT2D eigenvalue weighted by Crippen LogP contribution is -2.46. The average molecular weight is 324 g/mol. The summed E-state index contributed by atoms with van der Waals surface area (Å²) in [6.45, 7) is 6.24. The molecule has 0 bridgehead atoms. The van der Waals surface area contributed by atoms with E-state index in [2.05, 4.69) is 10.2 Å². The number of nitrogens with zero attached hydrogens (tertiary/aromatic N) is 1. The number of hydrogen-bond donors (Lipinski definition) is 1. The first-order valence-corrected chi connectivity index (χ1v) is 8.41. The normalized spacial score (nSPS) is 19.7. The zero-order valence-electron chi connectivity index (χ0n) is 14.2. The molecule has 1 aliphatic heterocycles. The number of hydrogen-bond acceptors (Lipinski definition) is 3. The third-order valence-corrected chi connectivity index (χ3v) is 4.32. The highest BCUT2D eigenvalue weighted by molar-refractivity contribution is 5.95. The van der Waals surface area contributed by atoms with Crippen molar-refractivity contribution in [1.29, 1.82) is 0 Å². The first-order valence-electron chi connectivity index (χ1n) is 8.41. The molecule has 2 aromatic rings. The maximum absolute atomic E-state index is 13.0. The van der Waals surface area contributed by atoms with Crippen LogP contribution in [0.3, 0.4) is 0 Å². The van der Waals surface area contributed by atoms with E-state index in [-0.39, 0.29) is 18.1 Å². The molecule has 0 saturated carbocycles. The molecule has 1 saturated heterocycles. The minimum Gasteiger partial charge on any atom is -0.376 e. The minimum absolute atomic E-state index is 0.000784. The summed E-state index contributed by atoms with van der Waals surface area (Å²) in [6.07, 6.45) is 0.136. The number of aryl methyl sites for hydroxylation is 1. The van der Waals surface area contributed by atoms with Crippen molar-refractivity contribution in [3.05, 3.63) is 65.7 Å². The summed E-state index contributed by atoms with van der Waals surface area (Å²) in [5.41, 5.74) is 3.01. The number of rotatable bonds is 4. The summed E-state index contributed by atoms with van der Waals surface area (Å²) in [4.78, 5) is 15.2. The van der Waals surface area contributed by atoms with Crippen molar-refractivity contribution < 1.29 is 9.53 Å². The van der Waals surface area contributed by atoms with Crippen molar-refractivity contribution in [2.75, 3.05) is 25.0 Å². The van der Waals surface area contributed by atoms with Gasteiger partial charge < -0.3 is 10.1 Å². The van der Waals surface area contributed by atoms with Gasteiger partial charge in [-0.15, -0.1) is 0 Å². The molecule has 1 aliphatic rings. The molecule has 1 heterocycles. The van der Waals surface area contributed by atoms with Crippen LogP contribution in [0.25, 0.3) is 0 Å². The van der Waals surface area contributed by atoms with Crippen molar-refractivity contribution in [2.24, 2.45) is 0 Å². The van der Waals surface area contributed by atoms with Crippen molar-refractivity contribution in [3.63, 3.8) is 0 Å². The zero-order chi connectivity index (χ0) is 16.9. The van der Waals surface area contributed by atoms with E-state index in [4.69, 9.17) is 4.74 Å². The summed E-state index contributed by atoms with van der Waals surface area (Å²) in [5, 5.41) is 3.06. The molecule has 2 atom stereocenters. The fourth-order valence-corrected chi connectivity index (χ4v) is 3.09. The average Bonchev–Trinajstić information content (AvgIpc) is 2.58. The smallest absolute Gasteiger partial charge is 0.246 e. The van der Waals surface area contributed by atoms with Gasteiger partial charge >= 0.3 is 0 Å². The van der Waals surface area contributed by atoms with E-state index in [0.29, 0.717) is 6.61 Å². The molecular formula is C20H24N2O2. The van der Waals surface area contributed by atoms with E-state index in [1.54, 1.807) is 0 Å². The van der Waals surface area contributed by atoms with Gasteiger partial charge in [0.05, 0.1) is 12.7 Å². The molecule has 4 nitrogen and oxygen atoms in total. The lowest BCUT2D eigenvalue weighted by atomic mass is 10.0. The van der Waals surface area contributed by atoms with Gasteiger partial charge in [-0.3, -0.25) is 9.69 Å². The molecule has 1 N–H and O–H groups in total. The van der Waals surface area contributed by atoms with Gasteiger partial charge in [0, 0.05) is 18.8 Å². The van der Waals surface area contributed by atoms with Gasteiger partial charge in [-0.1, -0.05) is 48.0 Å². The highest BCUT2D eigenvalue weighted by atomic mass is 16.5. The van der Waals surface area contributed by atoms with Gasteiger partial charge in [0.15, 0.2) is 0 Å². The van der Waals surface area contributed by atoms with E-state index < -0.39 is 0 Å². The Kier molecular flexibility index (Phi) is 5.28. The van der Waals surface area contributed by atoms with E-state index in [0.717, 1.165) is 24.3 Å². The Morgan fingerprint density at radius 3 is 2.54 bits per heavy atom. The van der Waals surface area contributed by atoms with Gasteiger partial charge in [0.25, 0.3) is 0 Å². The summed E-state index contributed by atoms with van der Waals surface area (Å²) in [6, 6.07) is 17.5. The summed E-state index contributed by atoms with van der Waals surface area (Å²) in [5.74, 6) is -0.000784. The number of carbonyl (C=O) groups excluding carboxylic acids is 1. The maximum atomic E-state index is 13.0. The molecule has 3 rings (SSSR count). The van der Waals surface area contributed by atoms with Crippen molar-refractivity contribution in [1.82, 2.24) is 4.90 Å². The molecule has 24 heavy (non-hydrogen) atoms. The molecule has 1 fully saturated rings. The third-order valence-electron chi connectivity index (χ3n) is 4.32. The summed E-state index contributed by atoms with van der Waals surface area (Å²) in [7, 11) is 0. The number of morpholine rings is 1. The molecule has 1 amide bonds. The number of nitrogens with one attached hydrogen (secondary N) is 1. The zero-order valence-corrected chi connectivity index (χ0v) is 14.2. The number of ether oxygens (including phenoxy) is 1. The quantitative estimate of drug-likeness (QED) is 0.937. The Labute approximate surface area is 143 Å². The summed E-state index contributed by atoms with van der Waals surface area (Å²) < 4.78 is 5.63. The number of anilines is 1. The fourth-order valence-electron chi connectivity index (χ4n) is 3.09. The Morgan fingerprint density at radius 2 is 1.88 bits per heavy atom. The Bertz CT molecular complexity index is 670. The van der Waals surface area contributed by atoms with Crippen LogP contribution < -0.4 is 5.32 Å². The second-order valence-electron chi connectivity index (χ2n) is 6.34. The van der Waals surface area contributed by atoms with Crippen molar-refractivity contribution in [2.45, 2.75) is 26.0 Å². The van der Waals surface area contributed by atoms with Gasteiger partial charge in [-0.05, 0) is 31.5 Å². The van der Waals surface area contributed by atoms with Crippen LogP contribution in [-0.2, 0) is 9.53 Å². The largest absolute Gasteiger partial charge is 0.376 e. The number of amides is 1. The number of benzene rings is 2. The Balaban J connectivity index is 1.83. The molecule has 126 valence electrons. The third kappa shape index (κ3) is 4.02. The van der Waals surface area contributed by atoms with Crippen LogP contribution in [0.1, 0.15) is 24.1 Å². The van der Waals surface area contributed by atoms with Crippen molar-refractivity contribution in [3.8, 4) is 0 Å². The summed E-state index contributed by atoms with van der Waals surface area (Å²) >= 11 is 0. The molecule has 0 radical (unpaired) electrons. The number of carbonyl (C=O) groups is 1. The van der Waals surface area contributed by atoms with E-state index >= 15 is 0 Å². The van der Waals surface area contributed by atoms with E-state index in [1.165, 1.54) is 5.56 Å². The van der Waals surface area contributed by atoms with E-state index in [1.807, 2.05) is 68.4 Å². The standard InChI is InChI=1S/C20H24N2O2/c1-15-8-10-18(11-9-15)21-20(23)19(17-6-4-3-5-7-17)22-12-13-24-16(2)14-22/h3-11,16,19H,12-14H2,1-2H3,(H,21,23)/t16-,19+/m0/s1. The first-order chi connectivity index (χ1) is 11.6. The van der Waals surface area contributed by atoms with Gasteiger partial charge in [-0.2, -0.15) is 0 Å². The van der Waals surface area contributed by atoms with Gasteiger partial charge in [-0.25, -0.2) is 0 Å². The second kappa shape index (κ2) is 7.60. The van der Waals surface area contributed by atoms with Crippen LogP contribution in [0.5, 0.6) is 0 Å². The molecule has 0 unspecified atom stereocenters. The Morgan fingerprint density at radius 1 is 1.17 bits per heavy atom. The van der Waals surface area contributed by atoms with Crippen LogP contribution in [-0.4, -0.2) is 36.6 Å². The van der Waals surface area contributed by atoms with Crippen LogP contribution in [0.15, 0.2) is 54.6 Å². The van der Waals surface area contributed by atoms with Gasteiger partial charge in [0.2, 0.25) is 5.91 Å². The minimum atomic E-state index is -0.307. The topological polar surface area (TPSA) is 41.6 Å². The van der Waals surface area contributed by atoms with Crippen LogP contribution in [0.4, 0.5) is 5.69 Å². The molecule has 0 spiro atoms. The highest BCUT2D eigenvalue weighted by Crippen LogP contribution is 2.25. The molecule has 4 heteroatoms. The maximum Gasteiger partial charge on any atom is 0.246 e. The molecule has 0 aromatic heterocycles. The fraction of sp³-hybridized carbons (Fsp3) is 0.350. The molecular weight excluding hydrogens is 300 g/mol. The van der Waals surface area contributed by atoms with Crippen LogP contribution in [0.2, 0.25) is 0 Å². The van der Waals surface area contributed by atoms with Crippen LogP contribution in [0, 0.1) is 6.92 Å². The SMILES string of the molecule is Cc1ccc(NC(=O)[C@@H](c2ccccc2)N2CCO[C@@H](C)C2)cc1. The molecule has 2 aromatic carbocycles. The predicted molar refractivity (Wildman–Crippen MR) is 96.0 cm³/mol.